The molecule has 2 aromatic heterocycles. The minimum Gasteiger partial charge on any atom is -0.398 e. The lowest BCUT2D eigenvalue weighted by molar-refractivity contribution is 0.00578. The van der Waals surface area contributed by atoms with Gasteiger partial charge in [0.2, 0.25) is 0 Å². The van der Waals surface area contributed by atoms with Gasteiger partial charge in [-0.05, 0) is 119 Å². The van der Waals surface area contributed by atoms with E-state index in [9.17, 15) is 8.78 Å². The topological polar surface area (TPSA) is 28.3 Å². The molecule has 1 fully saturated rings. The Balaban J connectivity index is 0.000000177. The van der Waals surface area contributed by atoms with Crippen molar-refractivity contribution in [2.24, 2.45) is 0 Å². The van der Waals surface area contributed by atoms with E-state index >= 15 is 0 Å². The quantitative estimate of drug-likeness (QED) is 0.167. The third kappa shape index (κ3) is 6.03. The highest BCUT2D eigenvalue weighted by molar-refractivity contribution is 9.10. The van der Waals surface area contributed by atoms with Crippen LogP contribution >= 0.6 is 15.9 Å². The summed E-state index contributed by atoms with van der Waals surface area (Å²) in [6.07, 6.45) is 0. The highest BCUT2D eigenvalue weighted by atomic mass is 79.9. The molecule has 0 bridgehead atoms. The second-order valence-electron chi connectivity index (χ2n) is 14.0. The molecule has 8 heteroatoms. The van der Waals surface area contributed by atoms with Crippen molar-refractivity contribution in [1.29, 1.82) is 0 Å². The van der Waals surface area contributed by atoms with Gasteiger partial charge >= 0.3 is 7.12 Å². The molecule has 0 aliphatic carbocycles. The molecule has 1 saturated heterocycles. The molecular formula is C40H42BBrF2N2O2. The molecule has 0 unspecified atom stereocenters. The van der Waals surface area contributed by atoms with Gasteiger partial charge < -0.3 is 18.4 Å². The molecule has 1 aliphatic rings. The van der Waals surface area contributed by atoms with Gasteiger partial charge in [0.1, 0.15) is 11.6 Å². The van der Waals surface area contributed by atoms with Crippen molar-refractivity contribution < 1.29 is 18.1 Å². The zero-order valence-corrected chi connectivity index (χ0v) is 30.4. The standard InChI is InChI=1S/C23H27BFNO2.C17H15BrFN/c1-15(2)26-19-10-8-7-9-18(19)20(16-11-13-17(25)14-12-16)21(26)24-27-22(3,4)23(5,6)28-24;1-11(2)20-15-6-4-3-5-14(15)16(17(20)18)12-7-9-13(19)10-8-12/h7-15H,1-6H3;3-11H,1-2H3. The van der Waals surface area contributed by atoms with Crippen molar-refractivity contribution in [2.45, 2.75) is 78.7 Å². The molecule has 48 heavy (non-hydrogen) atoms. The van der Waals surface area contributed by atoms with Gasteiger partial charge in [-0.1, -0.05) is 60.7 Å². The van der Waals surface area contributed by atoms with E-state index in [1.807, 2.05) is 48.5 Å². The van der Waals surface area contributed by atoms with Crippen LogP contribution in [0, 0.1) is 11.6 Å². The van der Waals surface area contributed by atoms with Gasteiger partial charge in [0.05, 0.1) is 21.4 Å². The first-order valence-corrected chi connectivity index (χ1v) is 17.3. The maximum absolute atomic E-state index is 13.6. The number of nitrogens with zero attached hydrogens (tertiary/aromatic N) is 2. The van der Waals surface area contributed by atoms with E-state index in [1.165, 1.54) is 35.2 Å². The largest absolute Gasteiger partial charge is 0.513 e. The van der Waals surface area contributed by atoms with Gasteiger partial charge in [-0.3, -0.25) is 0 Å². The number of hydrogen-bond donors (Lipinski definition) is 0. The van der Waals surface area contributed by atoms with E-state index < -0.39 is 18.3 Å². The Labute approximate surface area is 291 Å². The van der Waals surface area contributed by atoms with E-state index in [0.717, 1.165) is 43.4 Å². The first-order valence-electron chi connectivity index (χ1n) is 16.5. The minimum atomic E-state index is -0.500. The maximum Gasteiger partial charge on any atom is 0.513 e. The number of rotatable bonds is 5. The molecule has 4 aromatic carbocycles. The van der Waals surface area contributed by atoms with Gasteiger partial charge in [0.15, 0.2) is 0 Å². The maximum atomic E-state index is 13.6. The van der Waals surface area contributed by atoms with E-state index in [-0.39, 0.29) is 17.7 Å². The Kier molecular flexibility index (Phi) is 9.22. The zero-order chi connectivity index (χ0) is 34.5. The normalized spacial score (nSPS) is 15.5. The summed E-state index contributed by atoms with van der Waals surface area (Å²) < 4.78 is 45.2. The molecule has 4 nitrogen and oxygen atoms in total. The van der Waals surface area contributed by atoms with E-state index in [4.69, 9.17) is 9.31 Å². The van der Waals surface area contributed by atoms with Crippen LogP contribution in [0.1, 0.15) is 67.5 Å². The number of fused-ring (bicyclic) bond motifs is 2. The van der Waals surface area contributed by atoms with Crippen LogP contribution in [0.25, 0.3) is 44.1 Å². The summed E-state index contributed by atoms with van der Waals surface area (Å²) in [6, 6.07) is 30.5. The molecule has 0 N–H and O–H groups in total. The average Bonchev–Trinajstić information content (AvgIpc) is 3.61. The van der Waals surface area contributed by atoms with Crippen molar-refractivity contribution in [1.82, 2.24) is 9.13 Å². The molecule has 0 amide bonds. The predicted octanol–water partition coefficient (Wildman–Crippen LogP) is 11.1. The lowest BCUT2D eigenvalue weighted by Gasteiger charge is -2.32. The monoisotopic (exact) mass is 710 g/mol. The smallest absolute Gasteiger partial charge is 0.398 e. The lowest BCUT2D eigenvalue weighted by Crippen LogP contribution is -2.41. The van der Waals surface area contributed by atoms with Crippen LogP contribution in [0.5, 0.6) is 0 Å². The Morgan fingerprint density at radius 1 is 0.583 bits per heavy atom. The van der Waals surface area contributed by atoms with Crippen molar-refractivity contribution in [3.05, 3.63) is 113 Å². The Morgan fingerprint density at radius 2 is 0.979 bits per heavy atom. The third-order valence-corrected chi connectivity index (χ3v) is 10.4. The molecule has 1 aliphatic heterocycles. The molecular weight excluding hydrogens is 669 g/mol. The van der Waals surface area contributed by atoms with Crippen LogP contribution in [0.2, 0.25) is 0 Å². The van der Waals surface area contributed by atoms with Crippen LogP contribution in [0.3, 0.4) is 0 Å². The highest BCUT2D eigenvalue weighted by Crippen LogP contribution is 2.41. The molecule has 248 valence electrons. The molecule has 7 rings (SSSR count). The third-order valence-electron chi connectivity index (χ3n) is 9.57. The molecule has 0 radical (unpaired) electrons. The van der Waals surface area contributed by atoms with Gasteiger partial charge in [-0.2, -0.15) is 0 Å². The first-order chi connectivity index (χ1) is 22.7. The highest BCUT2D eigenvalue weighted by Gasteiger charge is 2.53. The lowest BCUT2D eigenvalue weighted by atomic mass is 9.79. The zero-order valence-electron chi connectivity index (χ0n) is 28.8. The van der Waals surface area contributed by atoms with Gasteiger partial charge in [0, 0.05) is 45.0 Å². The average molecular weight is 712 g/mol. The summed E-state index contributed by atoms with van der Waals surface area (Å²) in [4.78, 5) is 0. The van der Waals surface area contributed by atoms with E-state index in [1.54, 1.807) is 0 Å². The van der Waals surface area contributed by atoms with Crippen molar-refractivity contribution in [2.75, 3.05) is 0 Å². The fraction of sp³-hybridized carbons (Fsp3) is 0.300. The number of para-hydroxylation sites is 2. The Morgan fingerprint density at radius 3 is 1.44 bits per heavy atom. The number of halogens is 3. The van der Waals surface area contributed by atoms with Gasteiger partial charge in [0.25, 0.3) is 0 Å². The van der Waals surface area contributed by atoms with Crippen LogP contribution in [0.4, 0.5) is 8.78 Å². The number of aromatic nitrogens is 2. The van der Waals surface area contributed by atoms with E-state index in [2.05, 4.69) is 105 Å². The van der Waals surface area contributed by atoms with Gasteiger partial charge in [-0.25, -0.2) is 8.78 Å². The minimum absolute atomic E-state index is 0.211. The van der Waals surface area contributed by atoms with Crippen molar-refractivity contribution in [3.63, 3.8) is 0 Å². The summed E-state index contributed by atoms with van der Waals surface area (Å²) in [7, 11) is -0.500. The molecule has 0 atom stereocenters. The summed E-state index contributed by atoms with van der Waals surface area (Å²) >= 11 is 3.72. The Hall–Kier alpha value is -3.72. The SMILES string of the molecule is CC(C)n1c(B2OC(C)(C)C(C)(C)O2)c(-c2ccc(F)cc2)c2ccccc21.CC(C)n1c(Br)c(-c2ccc(F)cc2)c2ccccc21. The molecule has 0 spiro atoms. The summed E-state index contributed by atoms with van der Waals surface area (Å²) in [5.74, 6) is -0.453. The van der Waals surface area contributed by atoms with Crippen LogP contribution in [0.15, 0.2) is 102 Å². The molecule has 3 heterocycles. The fourth-order valence-corrected chi connectivity index (χ4v) is 7.62. The summed E-state index contributed by atoms with van der Waals surface area (Å²) in [5, 5.41) is 2.30. The molecule has 0 saturated carbocycles. The first kappa shape index (κ1) is 34.2. The summed E-state index contributed by atoms with van der Waals surface area (Å²) in [5.41, 5.74) is 6.58. The summed E-state index contributed by atoms with van der Waals surface area (Å²) in [6.45, 7) is 16.9. The van der Waals surface area contributed by atoms with E-state index in [0.29, 0.717) is 6.04 Å². The second kappa shape index (κ2) is 13.0. The van der Waals surface area contributed by atoms with Gasteiger partial charge in [-0.15, -0.1) is 0 Å². The van der Waals surface area contributed by atoms with Crippen molar-refractivity contribution >= 4 is 50.4 Å². The second-order valence-corrected chi connectivity index (χ2v) is 14.7. The van der Waals surface area contributed by atoms with Crippen LogP contribution in [-0.2, 0) is 9.31 Å². The number of hydrogen-bond acceptors (Lipinski definition) is 2. The van der Waals surface area contributed by atoms with Crippen molar-refractivity contribution in [3.8, 4) is 22.3 Å². The number of benzene rings is 4. The Bertz CT molecular complexity index is 2060. The molecule has 6 aromatic rings. The predicted molar refractivity (Wildman–Crippen MR) is 199 cm³/mol. The van der Waals surface area contributed by atoms with Crippen LogP contribution in [-0.4, -0.2) is 27.5 Å². The van der Waals surface area contributed by atoms with Crippen LogP contribution < -0.4 is 5.59 Å². The fourth-order valence-electron chi connectivity index (χ4n) is 6.57.